The highest BCUT2D eigenvalue weighted by molar-refractivity contribution is 5.75. The quantitative estimate of drug-likeness (QED) is 0.402. The lowest BCUT2D eigenvalue weighted by Crippen LogP contribution is -1.68. The Hall–Kier alpha value is -1.25. The van der Waals surface area contributed by atoms with E-state index in [0.717, 1.165) is 6.21 Å². The molecule has 42 valence electrons. The number of hydrogen-bond donors (Lipinski definition) is 0. The third-order valence-corrected chi connectivity index (χ3v) is 0.723. The lowest BCUT2D eigenvalue weighted by molar-refractivity contribution is 0.560. The SMILES string of the molecule is [O-]/N=C\c1ccco1. The standard InChI is InChI=1S/C5H5NO2/c7-6-4-5-2-1-3-8-5/h1-4,7H/p-1/b6-4-. The molecule has 0 aliphatic heterocycles. The van der Waals surface area contributed by atoms with Crippen LogP contribution in [0.2, 0.25) is 0 Å². The first-order chi connectivity index (χ1) is 3.93. The molecule has 0 bridgehead atoms. The van der Waals surface area contributed by atoms with Crippen LogP contribution in [-0.2, 0) is 0 Å². The Morgan fingerprint density at radius 2 is 2.62 bits per heavy atom. The minimum atomic E-state index is 0.486. The zero-order valence-electron chi connectivity index (χ0n) is 4.07. The second-order valence-corrected chi connectivity index (χ2v) is 1.25. The van der Waals surface area contributed by atoms with Gasteiger partial charge in [0, 0.05) is 0 Å². The van der Waals surface area contributed by atoms with Crippen LogP contribution in [0.25, 0.3) is 0 Å². The Labute approximate surface area is 46.2 Å². The largest absolute Gasteiger partial charge is 0.792 e. The molecule has 1 rings (SSSR count). The van der Waals surface area contributed by atoms with Gasteiger partial charge in [0.1, 0.15) is 5.76 Å². The zero-order chi connectivity index (χ0) is 5.82. The van der Waals surface area contributed by atoms with Crippen LogP contribution < -0.4 is 0 Å². The summed E-state index contributed by atoms with van der Waals surface area (Å²) in [6.07, 6.45) is 2.59. The van der Waals surface area contributed by atoms with Crippen molar-refractivity contribution in [3.8, 4) is 0 Å². The normalized spacial score (nSPS) is 10.5. The summed E-state index contributed by atoms with van der Waals surface area (Å²) >= 11 is 0. The van der Waals surface area contributed by atoms with E-state index in [2.05, 4.69) is 5.16 Å². The summed E-state index contributed by atoms with van der Waals surface area (Å²) in [6, 6.07) is 3.35. The smallest absolute Gasteiger partial charge is 0.144 e. The molecule has 0 aromatic carbocycles. The monoisotopic (exact) mass is 110 g/mol. The Kier molecular flexibility index (Phi) is 1.32. The Bertz CT molecular complexity index is 167. The molecule has 1 aromatic rings. The van der Waals surface area contributed by atoms with Gasteiger partial charge in [0.15, 0.2) is 0 Å². The van der Waals surface area contributed by atoms with Crippen molar-refractivity contribution < 1.29 is 4.42 Å². The van der Waals surface area contributed by atoms with Crippen molar-refractivity contribution in [2.75, 3.05) is 0 Å². The molecule has 0 fully saturated rings. The first kappa shape index (κ1) is 4.90. The predicted molar refractivity (Wildman–Crippen MR) is 29.7 cm³/mol. The Balaban J connectivity index is 2.77. The maximum absolute atomic E-state index is 9.51. The maximum Gasteiger partial charge on any atom is 0.144 e. The summed E-state index contributed by atoms with van der Waals surface area (Å²) in [4.78, 5) is 0. The fourth-order valence-electron chi connectivity index (χ4n) is 0.417. The second kappa shape index (κ2) is 2.16. The van der Waals surface area contributed by atoms with Gasteiger partial charge in [-0.25, -0.2) is 0 Å². The third-order valence-electron chi connectivity index (χ3n) is 0.723. The number of nitrogens with zero attached hydrogens (tertiary/aromatic N) is 1. The average molecular weight is 110 g/mol. The minimum absolute atomic E-state index is 0.486. The summed E-state index contributed by atoms with van der Waals surface area (Å²) in [5, 5.41) is 12.0. The van der Waals surface area contributed by atoms with E-state index in [0.29, 0.717) is 5.76 Å². The molecule has 0 saturated carbocycles. The van der Waals surface area contributed by atoms with Crippen molar-refractivity contribution in [2.45, 2.75) is 0 Å². The van der Waals surface area contributed by atoms with Gasteiger partial charge in [0.25, 0.3) is 0 Å². The molecule has 1 aromatic heterocycles. The molecule has 0 saturated heterocycles. The van der Waals surface area contributed by atoms with Crippen LogP contribution in [0.1, 0.15) is 5.76 Å². The summed E-state index contributed by atoms with van der Waals surface area (Å²) in [6.45, 7) is 0. The van der Waals surface area contributed by atoms with Crippen molar-refractivity contribution in [3.63, 3.8) is 0 Å². The molecular weight excluding hydrogens is 106 g/mol. The van der Waals surface area contributed by atoms with Crippen molar-refractivity contribution in [3.05, 3.63) is 29.4 Å². The van der Waals surface area contributed by atoms with E-state index in [1.54, 1.807) is 12.1 Å². The van der Waals surface area contributed by atoms with Crippen LogP contribution in [0.4, 0.5) is 0 Å². The van der Waals surface area contributed by atoms with Gasteiger partial charge in [-0.3, -0.25) is 0 Å². The van der Waals surface area contributed by atoms with Crippen LogP contribution in [0.3, 0.4) is 0 Å². The average Bonchev–Trinajstić information content (AvgIpc) is 2.19. The first-order valence-corrected chi connectivity index (χ1v) is 2.12. The molecular formula is C5H4NO2-. The third kappa shape index (κ3) is 0.872. The van der Waals surface area contributed by atoms with Crippen LogP contribution in [0, 0.1) is 5.21 Å². The molecule has 0 amide bonds. The van der Waals surface area contributed by atoms with Crippen LogP contribution >= 0.6 is 0 Å². The summed E-state index contributed by atoms with van der Waals surface area (Å²) in [7, 11) is 0. The summed E-state index contributed by atoms with van der Waals surface area (Å²) in [5.74, 6) is 0.486. The fraction of sp³-hybridized carbons (Fsp3) is 0. The Morgan fingerprint density at radius 1 is 1.75 bits per heavy atom. The van der Waals surface area contributed by atoms with Gasteiger partial charge in [0.05, 0.1) is 12.5 Å². The van der Waals surface area contributed by atoms with Gasteiger partial charge < -0.3 is 14.8 Å². The molecule has 3 nitrogen and oxygen atoms in total. The van der Waals surface area contributed by atoms with Gasteiger partial charge in [-0.1, -0.05) is 0 Å². The molecule has 0 radical (unpaired) electrons. The Morgan fingerprint density at radius 3 is 3.12 bits per heavy atom. The van der Waals surface area contributed by atoms with Gasteiger partial charge in [-0.15, -0.1) is 0 Å². The number of furan rings is 1. The van der Waals surface area contributed by atoms with E-state index >= 15 is 0 Å². The van der Waals surface area contributed by atoms with Crippen molar-refractivity contribution in [2.24, 2.45) is 5.16 Å². The van der Waals surface area contributed by atoms with Crippen molar-refractivity contribution in [1.29, 1.82) is 0 Å². The van der Waals surface area contributed by atoms with E-state index in [9.17, 15) is 5.21 Å². The molecule has 0 unspecified atom stereocenters. The number of rotatable bonds is 1. The molecule has 0 spiro atoms. The molecule has 0 aliphatic rings. The predicted octanol–water partition coefficient (Wildman–Crippen LogP) is 1.20. The fourth-order valence-corrected chi connectivity index (χ4v) is 0.417. The first-order valence-electron chi connectivity index (χ1n) is 2.12. The highest BCUT2D eigenvalue weighted by atomic mass is 16.4. The maximum atomic E-state index is 9.51. The van der Waals surface area contributed by atoms with Crippen molar-refractivity contribution >= 4 is 6.21 Å². The highest BCUT2D eigenvalue weighted by Gasteiger charge is 1.82. The molecule has 0 atom stereocenters. The lowest BCUT2D eigenvalue weighted by atomic mass is 10.5. The number of hydrogen-bond acceptors (Lipinski definition) is 3. The zero-order valence-corrected chi connectivity index (χ0v) is 4.07. The molecule has 3 heteroatoms. The molecule has 8 heavy (non-hydrogen) atoms. The van der Waals surface area contributed by atoms with E-state index in [1.165, 1.54) is 6.26 Å². The van der Waals surface area contributed by atoms with Gasteiger partial charge >= 0.3 is 0 Å². The van der Waals surface area contributed by atoms with Crippen LogP contribution in [-0.4, -0.2) is 6.21 Å². The highest BCUT2D eigenvalue weighted by Crippen LogP contribution is 1.93. The van der Waals surface area contributed by atoms with Gasteiger partial charge in [-0.05, 0) is 12.1 Å². The molecule has 1 heterocycles. The minimum Gasteiger partial charge on any atom is -0.792 e. The second-order valence-electron chi connectivity index (χ2n) is 1.25. The van der Waals surface area contributed by atoms with E-state index < -0.39 is 0 Å². The van der Waals surface area contributed by atoms with E-state index in [1.807, 2.05) is 0 Å². The lowest BCUT2D eigenvalue weighted by Gasteiger charge is -1.84. The molecule has 0 aliphatic carbocycles. The topological polar surface area (TPSA) is 48.6 Å². The molecule has 0 N–H and O–H groups in total. The van der Waals surface area contributed by atoms with E-state index in [-0.39, 0.29) is 0 Å². The van der Waals surface area contributed by atoms with E-state index in [4.69, 9.17) is 4.42 Å². The van der Waals surface area contributed by atoms with Gasteiger partial charge in [-0.2, -0.15) is 0 Å². The summed E-state index contributed by atoms with van der Waals surface area (Å²) in [5.41, 5.74) is 0. The summed E-state index contributed by atoms with van der Waals surface area (Å²) < 4.78 is 4.72. The van der Waals surface area contributed by atoms with Crippen molar-refractivity contribution in [1.82, 2.24) is 0 Å². The van der Waals surface area contributed by atoms with Crippen LogP contribution in [0.15, 0.2) is 28.0 Å². The van der Waals surface area contributed by atoms with Gasteiger partial charge in [0.2, 0.25) is 0 Å². The van der Waals surface area contributed by atoms with Crippen LogP contribution in [0.5, 0.6) is 0 Å².